The number of β-amino-alcohol motifs (C(OH)–C–C–N with tert-alkyl or cyclic N) is 1. The maximum Gasteiger partial charge on any atom is 0.420 e. The number of carbonyl (C=O) groups excluding carboxylic acids is 2. The number of aliphatic hydroxyl groups is 1. The molecule has 0 aromatic heterocycles. The van der Waals surface area contributed by atoms with Gasteiger partial charge in [-0.3, -0.25) is 9.59 Å². The van der Waals surface area contributed by atoms with E-state index in [1.54, 1.807) is 17.0 Å². The van der Waals surface area contributed by atoms with Crippen molar-refractivity contribution >= 4 is 11.8 Å². The minimum atomic E-state index is -4.74. The molecule has 0 aliphatic carbocycles. The lowest BCUT2D eigenvalue weighted by Gasteiger charge is -2.46. The first-order valence-electron chi connectivity index (χ1n) is 7.65. The van der Waals surface area contributed by atoms with Gasteiger partial charge in [-0.2, -0.15) is 13.2 Å². The Morgan fingerprint density at radius 3 is 2.33 bits per heavy atom. The van der Waals surface area contributed by atoms with Crippen molar-refractivity contribution in [1.29, 1.82) is 0 Å². The Bertz CT molecular complexity index is 652. The summed E-state index contributed by atoms with van der Waals surface area (Å²) in [5, 5.41) is 9.38. The van der Waals surface area contributed by atoms with Crippen LogP contribution in [-0.4, -0.2) is 58.1 Å². The van der Waals surface area contributed by atoms with Crippen LogP contribution in [0, 0.1) is 0 Å². The summed E-state index contributed by atoms with van der Waals surface area (Å²) in [7, 11) is 0. The Balaban J connectivity index is 1.60. The molecular formula is C16H17F3N2O3. The fourth-order valence-corrected chi connectivity index (χ4v) is 2.93. The van der Waals surface area contributed by atoms with Crippen molar-refractivity contribution in [2.45, 2.75) is 31.2 Å². The summed E-state index contributed by atoms with van der Waals surface area (Å²) in [5.41, 5.74) is -1.69. The van der Waals surface area contributed by atoms with E-state index in [4.69, 9.17) is 0 Å². The van der Waals surface area contributed by atoms with Crippen molar-refractivity contribution in [1.82, 2.24) is 9.80 Å². The van der Waals surface area contributed by atoms with Gasteiger partial charge in [-0.25, -0.2) is 0 Å². The second-order valence-corrected chi connectivity index (χ2v) is 6.31. The standard InChI is InChI=1S/C16H17F3N2O3/c17-16(18,19)15(24)9-21(10-15)14(23)12-5-3-11(4-6-12)8-20-7-1-2-13(20)22/h3-6,24H,1-2,7-10H2. The highest BCUT2D eigenvalue weighted by Crippen LogP contribution is 2.38. The molecular weight excluding hydrogens is 325 g/mol. The molecule has 5 nitrogen and oxygen atoms in total. The van der Waals surface area contributed by atoms with E-state index in [0.717, 1.165) is 16.9 Å². The molecule has 2 aliphatic heterocycles. The fourth-order valence-electron chi connectivity index (χ4n) is 2.93. The van der Waals surface area contributed by atoms with E-state index in [2.05, 4.69) is 0 Å². The summed E-state index contributed by atoms with van der Waals surface area (Å²) < 4.78 is 37.7. The van der Waals surface area contributed by atoms with Gasteiger partial charge in [0.05, 0.1) is 13.1 Å². The van der Waals surface area contributed by atoms with Crippen LogP contribution in [0.5, 0.6) is 0 Å². The number of halogens is 3. The minimum absolute atomic E-state index is 0.0992. The van der Waals surface area contributed by atoms with E-state index >= 15 is 0 Å². The minimum Gasteiger partial charge on any atom is -0.378 e. The highest BCUT2D eigenvalue weighted by atomic mass is 19.4. The molecule has 2 heterocycles. The first-order valence-corrected chi connectivity index (χ1v) is 7.65. The predicted octanol–water partition coefficient (Wildman–Crippen LogP) is 1.56. The topological polar surface area (TPSA) is 60.9 Å². The molecule has 0 atom stereocenters. The van der Waals surface area contributed by atoms with Gasteiger partial charge >= 0.3 is 6.18 Å². The molecule has 0 saturated carbocycles. The van der Waals surface area contributed by atoms with E-state index in [-0.39, 0.29) is 11.5 Å². The lowest BCUT2D eigenvalue weighted by Crippen LogP contribution is -2.70. The number of carbonyl (C=O) groups is 2. The highest BCUT2D eigenvalue weighted by Gasteiger charge is 2.62. The molecule has 130 valence electrons. The van der Waals surface area contributed by atoms with Crippen LogP contribution in [0.3, 0.4) is 0 Å². The van der Waals surface area contributed by atoms with Crippen molar-refractivity contribution in [2.24, 2.45) is 0 Å². The molecule has 2 saturated heterocycles. The smallest absolute Gasteiger partial charge is 0.378 e. The van der Waals surface area contributed by atoms with Gasteiger partial charge in [0.2, 0.25) is 5.91 Å². The van der Waals surface area contributed by atoms with Gasteiger partial charge in [0.25, 0.3) is 5.91 Å². The van der Waals surface area contributed by atoms with Crippen molar-refractivity contribution in [3.8, 4) is 0 Å². The van der Waals surface area contributed by atoms with Crippen LogP contribution in [0.1, 0.15) is 28.8 Å². The Labute approximate surface area is 136 Å². The predicted molar refractivity (Wildman–Crippen MR) is 78.0 cm³/mol. The molecule has 3 rings (SSSR count). The molecule has 2 amide bonds. The van der Waals surface area contributed by atoms with Gasteiger partial charge in [0, 0.05) is 25.1 Å². The van der Waals surface area contributed by atoms with Gasteiger partial charge in [-0.15, -0.1) is 0 Å². The molecule has 8 heteroatoms. The first kappa shape index (κ1) is 16.8. The molecule has 2 aliphatic rings. The SMILES string of the molecule is O=C1CCCN1Cc1ccc(C(=O)N2CC(O)(C(F)(F)F)C2)cc1. The van der Waals surface area contributed by atoms with E-state index in [9.17, 15) is 27.9 Å². The average Bonchev–Trinajstić information content (AvgIpc) is 2.88. The summed E-state index contributed by atoms with van der Waals surface area (Å²) in [5.74, 6) is -0.449. The van der Waals surface area contributed by atoms with Crippen LogP contribution in [0.4, 0.5) is 13.2 Å². The van der Waals surface area contributed by atoms with Crippen LogP contribution < -0.4 is 0 Å². The van der Waals surface area contributed by atoms with Gasteiger partial charge < -0.3 is 14.9 Å². The quantitative estimate of drug-likeness (QED) is 0.907. The van der Waals surface area contributed by atoms with Crippen LogP contribution in [0.25, 0.3) is 0 Å². The van der Waals surface area contributed by atoms with E-state index in [1.165, 1.54) is 12.1 Å². The third kappa shape index (κ3) is 2.98. The molecule has 1 aromatic rings. The summed E-state index contributed by atoms with van der Waals surface area (Å²) in [6.07, 6.45) is -3.35. The second kappa shape index (κ2) is 5.77. The summed E-state index contributed by atoms with van der Waals surface area (Å²) in [4.78, 5) is 26.4. The van der Waals surface area contributed by atoms with Crippen molar-refractivity contribution in [3.63, 3.8) is 0 Å². The number of likely N-dealkylation sites (tertiary alicyclic amines) is 2. The molecule has 1 N–H and O–H groups in total. The van der Waals surface area contributed by atoms with Gasteiger partial charge in [-0.1, -0.05) is 12.1 Å². The normalized spacial score (nSPS) is 20.2. The van der Waals surface area contributed by atoms with Crippen molar-refractivity contribution in [3.05, 3.63) is 35.4 Å². The number of hydrogen-bond acceptors (Lipinski definition) is 3. The average molecular weight is 342 g/mol. The van der Waals surface area contributed by atoms with Crippen LogP contribution >= 0.6 is 0 Å². The molecule has 1 aromatic carbocycles. The molecule has 0 unspecified atom stereocenters. The third-order valence-corrected chi connectivity index (χ3v) is 4.47. The number of benzene rings is 1. The number of amides is 2. The fraction of sp³-hybridized carbons (Fsp3) is 0.500. The summed E-state index contributed by atoms with van der Waals surface area (Å²) in [6, 6.07) is 6.44. The van der Waals surface area contributed by atoms with Crippen LogP contribution in [0.2, 0.25) is 0 Å². The molecule has 24 heavy (non-hydrogen) atoms. The number of hydrogen-bond donors (Lipinski definition) is 1. The Morgan fingerprint density at radius 1 is 1.21 bits per heavy atom. The maximum atomic E-state index is 12.6. The molecule has 0 bridgehead atoms. The van der Waals surface area contributed by atoms with E-state index < -0.39 is 30.8 Å². The summed E-state index contributed by atoms with van der Waals surface area (Å²) in [6.45, 7) is -0.326. The highest BCUT2D eigenvalue weighted by molar-refractivity contribution is 5.95. The van der Waals surface area contributed by atoms with Gasteiger partial charge in [0.15, 0.2) is 5.60 Å². The summed E-state index contributed by atoms with van der Waals surface area (Å²) >= 11 is 0. The zero-order valence-electron chi connectivity index (χ0n) is 12.8. The Kier molecular flexibility index (Phi) is 4.03. The van der Waals surface area contributed by atoms with Crippen LogP contribution in [0.15, 0.2) is 24.3 Å². The van der Waals surface area contributed by atoms with Gasteiger partial charge in [-0.05, 0) is 24.1 Å². The van der Waals surface area contributed by atoms with Crippen LogP contribution in [-0.2, 0) is 11.3 Å². The largest absolute Gasteiger partial charge is 0.420 e. The van der Waals surface area contributed by atoms with E-state index in [1.807, 2.05) is 0 Å². The lowest BCUT2D eigenvalue weighted by molar-refractivity contribution is -0.294. The molecule has 0 spiro atoms. The monoisotopic (exact) mass is 342 g/mol. The number of nitrogens with zero attached hydrogens (tertiary/aromatic N) is 2. The molecule has 2 fully saturated rings. The first-order chi connectivity index (χ1) is 11.2. The van der Waals surface area contributed by atoms with E-state index in [0.29, 0.717) is 19.5 Å². The molecule has 0 radical (unpaired) electrons. The maximum absolute atomic E-state index is 12.6. The Hall–Kier alpha value is -2.09. The number of alkyl halides is 3. The van der Waals surface area contributed by atoms with Crippen molar-refractivity contribution < 1.29 is 27.9 Å². The van der Waals surface area contributed by atoms with Crippen molar-refractivity contribution in [2.75, 3.05) is 19.6 Å². The third-order valence-electron chi connectivity index (χ3n) is 4.47. The Morgan fingerprint density at radius 2 is 1.83 bits per heavy atom. The zero-order valence-corrected chi connectivity index (χ0v) is 12.8. The zero-order chi connectivity index (χ0) is 17.5. The lowest BCUT2D eigenvalue weighted by atomic mass is 9.92. The second-order valence-electron chi connectivity index (χ2n) is 6.31. The number of rotatable bonds is 3. The van der Waals surface area contributed by atoms with Gasteiger partial charge in [0.1, 0.15) is 0 Å².